The summed E-state index contributed by atoms with van der Waals surface area (Å²) in [6, 6.07) is 0. The summed E-state index contributed by atoms with van der Waals surface area (Å²) in [6.07, 6.45) is 3.68. The van der Waals surface area contributed by atoms with Crippen LogP contribution in [0.15, 0.2) is 4.99 Å². The van der Waals surface area contributed by atoms with Crippen molar-refractivity contribution in [2.24, 2.45) is 4.99 Å². The number of piperidine rings is 1. The highest BCUT2D eigenvalue weighted by Gasteiger charge is 2.22. The Morgan fingerprint density at radius 1 is 1.17 bits per heavy atom. The highest BCUT2D eigenvalue weighted by molar-refractivity contribution is 14.0. The molecule has 2 aliphatic heterocycles. The van der Waals surface area contributed by atoms with Gasteiger partial charge < -0.3 is 25.1 Å². The number of nitrogens with zero attached hydrogens (tertiary/aromatic N) is 6. The lowest BCUT2D eigenvalue weighted by Gasteiger charge is -2.36. The maximum atomic E-state index is 9.61. The highest BCUT2D eigenvalue weighted by atomic mass is 127. The molecular formula is C19H36IN7OS. The van der Waals surface area contributed by atoms with Gasteiger partial charge in [-0.15, -0.1) is 24.0 Å². The van der Waals surface area contributed by atoms with Crippen LogP contribution < -0.4 is 10.2 Å². The van der Waals surface area contributed by atoms with Gasteiger partial charge in [0, 0.05) is 70.3 Å². The molecule has 0 amide bonds. The fourth-order valence-corrected chi connectivity index (χ4v) is 4.48. The van der Waals surface area contributed by atoms with Crippen LogP contribution in [0.3, 0.4) is 0 Å². The summed E-state index contributed by atoms with van der Waals surface area (Å²) >= 11 is 1.51. The van der Waals surface area contributed by atoms with Crippen LogP contribution >= 0.6 is 35.5 Å². The van der Waals surface area contributed by atoms with Gasteiger partial charge in [0.15, 0.2) is 5.96 Å². The van der Waals surface area contributed by atoms with Crippen molar-refractivity contribution in [3.05, 3.63) is 5.82 Å². The molecule has 0 saturated carbocycles. The number of halogens is 1. The number of anilines is 1. The first-order valence-electron chi connectivity index (χ1n) is 10.7. The Labute approximate surface area is 196 Å². The normalized spacial score (nSPS) is 19.3. The van der Waals surface area contributed by atoms with Gasteiger partial charge >= 0.3 is 0 Å². The molecule has 0 unspecified atom stereocenters. The van der Waals surface area contributed by atoms with Crippen molar-refractivity contribution in [3.8, 4) is 0 Å². The van der Waals surface area contributed by atoms with Crippen LogP contribution in [0, 0.1) is 0 Å². The van der Waals surface area contributed by atoms with Gasteiger partial charge in [-0.1, -0.05) is 6.92 Å². The lowest BCUT2D eigenvalue weighted by molar-refractivity contribution is 0.0824. The molecule has 2 fully saturated rings. The summed E-state index contributed by atoms with van der Waals surface area (Å²) in [7, 11) is 0. The highest BCUT2D eigenvalue weighted by Crippen LogP contribution is 2.19. The van der Waals surface area contributed by atoms with E-state index in [1.165, 1.54) is 11.5 Å². The molecule has 0 radical (unpaired) electrons. The molecule has 0 aliphatic carbocycles. The topological polar surface area (TPSA) is 80.1 Å². The summed E-state index contributed by atoms with van der Waals surface area (Å²) in [6.45, 7) is 12.9. The molecule has 2 N–H and O–H groups in total. The number of rotatable bonds is 7. The van der Waals surface area contributed by atoms with E-state index in [1.807, 2.05) is 0 Å². The second kappa shape index (κ2) is 12.9. The van der Waals surface area contributed by atoms with Crippen molar-refractivity contribution in [2.75, 3.05) is 63.8 Å². The zero-order valence-electron chi connectivity index (χ0n) is 17.7. The molecule has 0 spiro atoms. The Bertz CT molecular complexity index is 613. The van der Waals surface area contributed by atoms with Gasteiger partial charge in [-0.05, 0) is 32.7 Å². The largest absolute Gasteiger partial charge is 0.393 e. The van der Waals surface area contributed by atoms with Crippen LogP contribution in [-0.2, 0) is 6.42 Å². The van der Waals surface area contributed by atoms with Gasteiger partial charge in [0.1, 0.15) is 5.82 Å². The first kappa shape index (κ1) is 24.5. The minimum atomic E-state index is -0.0954. The first-order valence-corrected chi connectivity index (χ1v) is 11.5. The van der Waals surface area contributed by atoms with E-state index in [4.69, 9.17) is 4.99 Å². The van der Waals surface area contributed by atoms with Crippen molar-refractivity contribution >= 4 is 46.6 Å². The fourth-order valence-electron chi connectivity index (χ4n) is 3.67. The van der Waals surface area contributed by atoms with Crippen LogP contribution in [0.1, 0.15) is 38.9 Å². The van der Waals surface area contributed by atoms with Crippen LogP contribution in [-0.4, -0.2) is 95.2 Å². The molecule has 3 rings (SSSR count). The predicted octanol–water partition coefficient (Wildman–Crippen LogP) is 1.65. The summed E-state index contributed by atoms with van der Waals surface area (Å²) in [5, 5.41) is 14.1. The number of likely N-dealkylation sites (tertiary alicyclic amines) is 1. The number of aliphatic hydroxyl groups excluding tert-OH is 1. The Morgan fingerprint density at radius 3 is 2.52 bits per heavy atom. The number of guanidine groups is 1. The lowest BCUT2D eigenvalue weighted by atomic mass is 10.1. The maximum Gasteiger partial charge on any atom is 0.205 e. The van der Waals surface area contributed by atoms with Crippen molar-refractivity contribution < 1.29 is 5.11 Å². The average molecular weight is 538 g/mol. The standard InChI is InChI=1S/C19H35N7OS.HI/c1-3-17-22-19(28-23-17)26-14-12-25(13-15-26)18(20-4-2)21-8-5-9-24-10-6-16(27)7-11-24;/h16,27H,3-15H2,1-2H3,(H,20,21);1H. The number of aromatic nitrogens is 2. The number of hydrogen-bond acceptors (Lipinski definition) is 7. The Morgan fingerprint density at radius 2 is 1.90 bits per heavy atom. The second-order valence-corrected chi connectivity index (χ2v) is 8.21. The van der Waals surface area contributed by atoms with Crippen molar-refractivity contribution in [1.82, 2.24) is 24.5 Å². The Balaban J connectivity index is 0.00000300. The van der Waals surface area contributed by atoms with Crippen LogP contribution in [0.25, 0.3) is 0 Å². The summed E-state index contributed by atoms with van der Waals surface area (Å²) in [5.41, 5.74) is 0. The minimum Gasteiger partial charge on any atom is -0.393 e. The third kappa shape index (κ3) is 7.48. The molecule has 29 heavy (non-hydrogen) atoms. The molecule has 0 bridgehead atoms. The van der Waals surface area contributed by atoms with Crippen molar-refractivity contribution in [1.29, 1.82) is 0 Å². The number of nitrogens with one attached hydrogen (secondary N) is 1. The van der Waals surface area contributed by atoms with E-state index in [-0.39, 0.29) is 30.1 Å². The van der Waals surface area contributed by atoms with Crippen LogP contribution in [0.2, 0.25) is 0 Å². The zero-order valence-corrected chi connectivity index (χ0v) is 20.9. The van der Waals surface area contributed by atoms with Crippen molar-refractivity contribution in [3.63, 3.8) is 0 Å². The van der Waals surface area contributed by atoms with Crippen molar-refractivity contribution in [2.45, 2.75) is 45.6 Å². The first-order chi connectivity index (χ1) is 13.7. The van der Waals surface area contributed by atoms with E-state index in [2.05, 4.69) is 43.2 Å². The maximum absolute atomic E-state index is 9.61. The minimum absolute atomic E-state index is 0. The smallest absolute Gasteiger partial charge is 0.205 e. The molecule has 0 atom stereocenters. The van der Waals surface area contributed by atoms with E-state index >= 15 is 0 Å². The van der Waals surface area contributed by atoms with Gasteiger partial charge in [-0.2, -0.15) is 4.37 Å². The molecule has 8 nitrogen and oxygen atoms in total. The monoisotopic (exact) mass is 537 g/mol. The second-order valence-electron chi connectivity index (χ2n) is 7.48. The number of piperazine rings is 1. The van der Waals surface area contributed by atoms with E-state index in [0.29, 0.717) is 0 Å². The van der Waals surface area contributed by atoms with Gasteiger partial charge in [0.05, 0.1) is 6.10 Å². The van der Waals surface area contributed by atoms with E-state index in [9.17, 15) is 5.11 Å². The number of aliphatic hydroxyl groups is 1. The summed E-state index contributed by atoms with van der Waals surface area (Å²) in [5.74, 6) is 1.98. The summed E-state index contributed by atoms with van der Waals surface area (Å²) in [4.78, 5) is 16.6. The molecule has 2 aliphatic rings. The van der Waals surface area contributed by atoms with E-state index < -0.39 is 0 Å². The fraction of sp³-hybridized carbons (Fsp3) is 0.842. The Kier molecular flexibility index (Phi) is 10.9. The number of aliphatic imine (C=N–C) groups is 1. The summed E-state index contributed by atoms with van der Waals surface area (Å²) < 4.78 is 4.41. The molecule has 10 heteroatoms. The molecule has 3 heterocycles. The Hall–Kier alpha value is -0.720. The van der Waals surface area contributed by atoms with E-state index in [0.717, 1.165) is 102 Å². The number of aryl methyl sites for hydroxylation is 1. The van der Waals surface area contributed by atoms with E-state index in [1.54, 1.807) is 0 Å². The van der Waals surface area contributed by atoms with Gasteiger partial charge in [-0.3, -0.25) is 4.99 Å². The van der Waals surface area contributed by atoms with Gasteiger partial charge in [0.25, 0.3) is 0 Å². The van der Waals surface area contributed by atoms with Gasteiger partial charge in [0.2, 0.25) is 5.13 Å². The quantitative estimate of drug-likeness (QED) is 0.237. The third-order valence-electron chi connectivity index (χ3n) is 5.41. The molecular weight excluding hydrogens is 501 g/mol. The third-order valence-corrected chi connectivity index (χ3v) is 6.22. The molecule has 166 valence electrons. The predicted molar refractivity (Wildman–Crippen MR) is 131 cm³/mol. The van der Waals surface area contributed by atoms with Gasteiger partial charge in [-0.25, -0.2) is 4.98 Å². The molecule has 0 aromatic carbocycles. The van der Waals surface area contributed by atoms with Crippen LogP contribution in [0.5, 0.6) is 0 Å². The molecule has 1 aromatic rings. The van der Waals surface area contributed by atoms with Crippen LogP contribution in [0.4, 0.5) is 5.13 Å². The average Bonchev–Trinajstić information content (AvgIpc) is 3.21. The zero-order chi connectivity index (χ0) is 19.8. The SMILES string of the molecule is CCNC(=NCCCN1CCC(O)CC1)N1CCN(c2nc(CC)ns2)CC1.I. The molecule has 1 aromatic heterocycles. The lowest BCUT2D eigenvalue weighted by Crippen LogP contribution is -2.52. The number of hydrogen-bond donors (Lipinski definition) is 2. The molecule has 2 saturated heterocycles.